The van der Waals surface area contributed by atoms with Crippen molar-refractivity contribution in [3.05, 3.63) is 65.0 Å². The first-order valence-corrected chi connectivity index (χ1v) is 7.55. The third-order valence-corrected chi connectivity index (χ3v) is 4.49. The molecule has 21 heavy (non-hydrogen) atoms. The normalized spacial score (nSPS) is 12.2. The number of hydrogen-bond donors (Lipinski definition) is 2. The van der Waals surface area contributed by atoms with Crippen LogP contribution in [0.5, 0.6) is 5.75 Å². The average Bonchev–Trinajstić information content (AvgIpc) is 2.93. The lowest BCUT2D eigenvalue weighted by atomic mass is 10.1. The summed E-state index contributed by atoms with van der Waals surface area (Å²) in [6.07, 6.45) is -0.0301. The smallest absolute Gasteiger partial charge is 0.133 e. The number of hydrogen-bond acceptors (Lipinski definition) is 3. The fraction of sp³-hybridized carbons (Fsp3) is 0.118. The van der Waals surface area contributed by atoms with Crippen LogP contribution in [0.3, 0.4) is 0 Å². The first kappa shape index (κ1) is 13.6. The van der Waals surface area contributed by atoms with Crippen LogP contribution in [0, 0.1) is 5.41 Å². The Morgan fingerprint density at radius 1 is 1.14 bits per heavy atom. The van der Waals surface area contributed by atoms with Gasteiger partial charge in [-0.1, -0.05) is 36.4 Å². The zero-order valence-electron chi connectivity index (χ0n) is 11.7. The summed E-state index contributed by atoms with van der Waals surface area (Å²) >= 11 is 1.51. The van der Waals surface area contributed by atoms with Gasteiger partial charge in [-0.15, -0.1) is 11.3 Å². The molecule has 3 rings (SSSR count). The van der Waals surface area contributed by atoms with E-state index < -0.39 is 0 Å². The van der Waals surface area contributed by atoms with Crippen molar-refractivity contribution in [2.24, 2.45) is 5.73 Å². The molecule has 0 aliphatic carbocycles. The monoisotopic (exact) mass is 296 g/mol. The van der Waals surface area contributed by atoms with Gasteiger partial charge in [0.2, 0.25) is 0 Å². The lowest BCUT2D eigenvalue weighted by molar-refractivity contribution is 0.230. The Labute approximate surface area is 127 Å². The SMILES string of the molecule is C[C@@H](Oc1cccc2sc(C(=N)N)cc12)c1ccccc1. The lowest BCUT2D eigenvalue weighted by Gasteiger charge is -2.15. The standard InChI is InChI=1S/C17H16N2OS/c1-11(12-6-3-2-4-7-12)20-14-8-5-9-15-13(14)10-16(21-15)17(18)19/h2-11H,1H3,(H3,18,19)/t11-/m1/s1. The summed E-state index contributed by atoms with van der Waals surface area (Å²) in [6.45, 7) is 2.03. The van der Waals surface area contributed by atoms with E-state index in [1.807, 2.05) is 49.4 Å². The minimum atomic E-state index is -0.0301. The molecule has 0 aliphatic heterocycles. The summed E-state index contributed by atoms with van der Waals surface area (Å²) < 4.78 is 7.18. The Kier molecular flexibility index (Phi) is 3.62. The quantitative estimate of drug-likeness (QED) is 0.556. The van der Waals surface area contributed by atoms with Gasteiger partial charge >= 0.3 is 0 Å². The fourth-order valence-corrected chi connectivity index (χ4v) is 3.19. The van der Waals surface area contributed by atoms with Crippen LogP contribution in [0.15, 0.2) is 54.6 Å². The molecule has 2 aromatic carbocycles. The van der Waals surface area contributed by atoms with Crippen LogP contribution in [0.2, 0.25) is 0 Å². The molecule has 0 fully saturated rings. The van der Waals surface area contributed by atoms with Crippen molar-refractivity contribution in [3.8, 4) is 5.75 Å². The molecule has 0 spiro atoms. The zero-order valence-corrected chi connectivity index (χ0v) is 12.5. The molecule has 0 radical (unpaired) electrons. The van der Waals surface area contributed by atoms with Crippen molar-refractivity contribution in [1.29, 1.82) is 5.41 Å². The molecule has 1 aromatic heterocycles. The molecule has 0 aliphatic rings. The van der Waals surface area contributed by atoms with E-state index in [2.05, 4.69) is 12.1 Å². The molecular weight excluding hydrogens is 280 g/mol. The maximum atomic E-state index is 7.56. The number of rotatable bonds is 4. The van der Waals surface area contributed by atoms with E-state index in [9.17, 15) is 0 Å². The van der Waals surface area contributed by atoms with Crippen LogP contribution < -0.4 is 10.5 Å². The molecule has 0 unspecified atom stereocenters. The van der Waals surface area contributed by atoms with Gasteiger partial charge < -0.3 is 10.5 Å². The number of amidine groups is 1. The number of thiophene rings is 1. The van der Waals surface area contributed by atoms with Crippen LogP contribution in [0.1, 0.15) is 23.5 Å². The van der Waals surface area contributed by atoms with E-state index in [0.717, 1.165) is 26.3 Å². The number of nitrogens with two attached hydrogens (primary N) is 1. The maximum Gasteiger partial charge on any atom is 0.133 e. The number of fused-ring (bicyclic) bond motifs is 1. The fourth-order valence-electron chi connectivity index (χ4n) is 2.25. The van der Waals surface area contributed by atoms with Gasteiger partial charge in [0.1, 0.15) is 17.7 Å². The molecule has 0 bridgehead atoms. The van der Waals surface area contributed by atoms with Crippen molar-refractivity contribution in [1.82, 2.24) is 0 Å². The first-order chi connectivity index (χ1) is 10.1. The van der Waals surface area contributed by atoms with E-state index >= 15 is 0 Å². The molecule has 0 saturated heterocycles. The van der Waals surface area contributed by atoms with Crippen LogP contribution in [0.25, 0.3) is 10.1 Å². The zero-order chi connectivity index (χ0) is 14.8. The van der Waals surface area contributed by atoms with Crippen molar-refractivity contribution < 1.29 is 4.74 Å². The highest BCUT2D eigenvalue weighted by Crippen LogP contribution is 2.34. The lowest BCUT2D eigenvalue weighted by Crippen LogP contribution is -2.08. The van der Waals surface area contributed by atoms with Gasteiger partial charge in [-0.05, 0) is 30.7 Å². The Morgan fingerprint density at radius 3 is 2.62 bits per heavy atom. The molecule has 4 heteroatoms. The second-order valence-electron chi connectivity index (χ2n) is 4.86. The minimum Gasteiger partial charge on any atom is -0.485 e. The minimum absolute atomic E-state index is 0.0301. The van der Waals surface area contributed by atoms with Crippen LogP contribution in [-0.2, 0) is 0 Å². The summed E-state index contributed by atoms with van der Waals surface area (Å²) in [6, 6.07) is 18.0. The molecule has 3 nitrogen and oxygen atoms in total. The maximum absolute atomic E-state index is 7.56. The molecule has 3 N–H and O–H groups in total. The summed E-state index contributed by atoms with van der Waals surface area (Å²) in [7, 11) is 0. The Hall–Kier alpha value is -2.33. The third-order valence-electron chi connectivity index (χ3n) is 3.36. The van der Waals surface area contributed by atoms with Crippen molar-refractivity contribution in [2.45, 2.75) is 13.0 Å². The number of benzene rings is 2. The summed E-state index contributed by atoms with van der Waals surface area (Å²) in [5.74, 6) is 0.922. The third kappa shape index (κ3) is 2.76. The number of ether oxygens (including phenoxy) is 1. The summed E-state index contributed by atoms with van der Waals surface area (Å²) in [4.78, 5) is 0.772. The van der Waals surface area contributed by atoms with Gasteiger partial charge in [0.05, 0.1) is 4.88 Å². The van der Waals surface area contributed by atoms with Gasteiger partial charge in [0.25, 0.3) is 0 Å². The van der Waals surface area contributed by atoms with Gasteiger partial charge in [0, 0.05) is 10.1 Å². The van der Waals surface area contributed by atoms with Gasteiger partial charge in [-0.2, -0.15) is 0 Å². The second-order valence-corrected chi connectivity index (χ2v) is 5.95. The van der Waals surface area contributed by atoms with Crippen molar-refractivity contribution in [2.75, 3.05) is 0 Å². The molecule has 0 amide bonds. The van der Waals surface area contributed by atoms with Crippen molar-refractivity contribution in [3.63, 3.8) is 0 Å². The van der Waals surface area contributed by atoms with Gasteiger partial charge in [0.15, 0.2) is 0 Å². The molecule has 1 heterocycles. The number of nitrogen functional groups attached to an aromatic ring is 1. The molecule has 0 saturated carbocycles. The van der Waals surface area contributed by atoms with Crippen LogP contribution in [0.4, 0.5) is 0 Å². The molecule has 106 valence electrons. The largest absolute Gasteiger partial charge is 0.485 e. The van der Waals surface area contributed by atoms with E-state index in [4.69, 9.17) is 15.9 Å². The summed E-state index contributed by atoms with van der Waals surface area (Å²) in [5.41, 5.74) is 6.71. The Morgan fingerprint density at radius 2 is 1.90 bits per heavy atom. The highest BCUT2D eigenvalue weighted by molar-refractivity contribution is 7.20. The van der Waals surface area contributed by atoms with E-state index in [1.54, 1.807) is 0 Å². The second kappa shape index (κ2) is 5.58. The molecular formula is C17H16N2OS. The van der Waals surface area contributed by atoms with E-state index in [0.29, 0.717) is 0 Å². The number of nitrogens with one attached hydrogen (secondary N) is 1. The highest BCUT2D eigenvalue weighted by atomic mass is 32.1. The average molecular weight is 296 g/mol. The van der Waals surface area contributed by atoms with Gasteiger partial charge in [-0.25, -0.2) is 0 Å². The van der Waals surface area contributed by atoms with E-state index in [-0.39, 0.29) is 11.9 Å². The molecule has 3 aromatic rings. The van der Waals surface area contributed by atoms with Crippen molar-refractivity contribution >= 4 is 27.3 Å². The predicted molar refractivity (Wildman–Crippen MR) is 88.3 cm³/mol. The highest BCUT2D eigenvalue weighted by Gasteiger charge is 2.12. The predicted octanol–water partition coefficient (Wildman–Crippen LogP) is 4.33. The van der Waals surface area contributed by atoms with Crippen LogP contribution in [-0.4, -0.2) is 5.84 Å². The van der Waals surface area contributed by atoms with Gasteiger partial charge in [-0.3, -0.25) is 5.41 Å². The summed E-state index contributed by atoms with van der Waals surface area (Å²) in [5, 5.41) is 8.57. The Balaban J connectivity index is 1.95. The Bertz CT molecular complexity index is 780. The topological polar surface area (TPSA) is 59.1 Å². The molecule has 1 atom stereocenters. The van der Waals surface area contributed by atoms with E-state index in [1.165, 1.54) is 11.3 Å². The van der Waals surface area contributed by atoms with Crippen LogP contribution >= 0.6 is 11.3 Å². The first-order valence-electron chi connectivity index (χ1n) is 6.73.